The minimum Gasteiger partial charge on any atom is -0.356 e. The van der Waals surface area contributed by atoms with Gasteiger partial charge in [-0.2, -0.15) is 0 Å². The first-order chi connectivity index (χ1) is 8.58. The first kappa shape index (κ1) is 15.1. The fourth-order valence-electron chi connectivity index (χ4n) is 2.22. The van der Waals surface area contributed by atoms with E-state index >= 15 is 0 Å². The molecule has 104 valence electrons. The summed E-state index contributed by atoms with van der Waals surface area (Å²) >= 11 is 0. The zero-order chi connectivity index (χ0) is 13.5. The van der Waals surface area contributed by atoms with Crippen molar-refractivity contribution in [2.24, 2.45) is 5.92 Å². The van der Waals surface area contributed by atoms with E-state index in [1.54, 1.807) is 0 Å². The molecular weight excluding hydrogens is 222 g/mol. The summed E-state index contributed by atoms with van der Waals surface area (Å²) in [6.45, 7) is 12.2. The van der Waals surface area contributed by atoms with Crippen molar-refractivity contribution in [1.29, 1.82) is 0 Å². The standard InChI is InChI=1S/C15H29N3/c1-6-8-9-16-15-17-13(4)11-18(15)14(5)10-12(3)7-2/h11-12,14H,6-10H2,1-5H3,(H,16,17). The van der Waals surface area contributed by atoms with Gasteiger partial charge in [-0.1, -0.05) is 33.6 Å². The van der Waals surface area contributed by atoms with Crippen LogP contribution in [0.3, 0.4) is 0 Å². The largest absolute Gasteiger partial charge is 0.356 e. The Morgan fingerprint density at radius 1 is 1.33 bits per heavy atom. The molecule has 2 atom stereocenters. The van der Waals surface area contributed by atoms with Crippen LogP contribution in [-0.2, 0) is 0 Å². The van der Waals surface area contributed by atoms with Crippen molar-refractivity contribution in [3.8, 4) is 0 Å². The normalized spacial score (nSPS) is 14.5. The van der Waals surface area contributed by atoms with Crippen LogP contribution in [0.15, 0.2) is 6.20 Å². The number of imidazole rings is 1. The molecule has 0 aliphatic carbocycles. The van der Waals surface area contributed by atoms with Crippen molar-refractivity contribution in [1.82, 2.24) is 9.55 Å². The van der Waals surface area contributed by atoms with Crippen LogP contribution in [0.4, 0.5) is 5.95 Å². The van der Waals surface area contributed by atoms with Gasteiger partial charge >= 0.3 is 0 Å². The van der Waals surface area contributed by atoms with E-state index in [2.05, 4.69) is 55.7 Å². The molecule has 0 aliphatic rings. The fourth-order valence-corrected chi connectivity index (χ4v) is 2.22. The van der Waals surface area contributed by atoms with Crippen molar-refractivity contribution in [2.45, 2.75) is 66.3 Å². The van der Waals surface area contributed by atoms with Gasteiger partial charge in [-0.3, -0.25) is 0 Å². The van der Waals surface area contributed by atoms with E-state index in [-0.39, 0.29) is 0 Å². The quantitative estimate of drug-likeness (QED) is 0.694. The van der Waals surface area contributed by atoms with Gasteiger partial charge in [-0.25, -0.2) is 4.98 Å². The number of unbranched alkanes of at least 4 members (excludes halogenated alkanes) is 1. The Hall–Kier alpha value is -0.990. The summed E-state index contributed by atoms with van der Waals surface area (Å²) < 4.78 is 2.30. The maximum absolute atomic E-state index is 4.59. The molecule has 18 heavy (non-hydrogen) atoms. The number of rotatable bonds is 8. The SMILES string of the molecule is CCCCNc1nc(C)cn1C(C)CC(C)CC. The Morgan fingerprint density at radius 2 is 2.06 bits per heavy atom. The van der Waals surface area contributed by atoms with Gasteiger partial charge in [0, 0.05) is 18.8 Å². The van der Waals surface area contributed by atoms with Gasteiger partial charge in [0.1, 0.15) is 0 Å². The van der Waals surface area contributed by atoms with Crippen LogP contribution in [-0.4, -0.2) is 16.1 Å². The molecule has 2 unspecified atom stereocenters. The monoisotopic (exact) mass is 251 g/mol. The second-order valence-corrected chi connectivity index (χ2v) is 5.49. The highest BCUT2D eigenvalue weighted by Crippen LogP contribution is 2.23. The van der Waals surface area contributed by atoms with Crippen LogP contribution in [0, 0.1) is 12.8 Å². The Morgan fingerprint density at radius 3 is 2.67 bits per heavy atom. The van der Waals surface area contributed by atoms with E-state index in [4.69, 9.17) is 0 Å². The summed E-state index contributed by atoms with van der Waals surface area (Å²) in [5.74, 6) is 1.81. The maximum Gasteiger partial charge on any atom is 0.203 e. The number of aryl methyl sites for hydroxylation is 1. The highest BCUT2D eigenvalue weighted by atomic mass is 15.2. The van der Waals surface area contributed by atoms with Crippen LogP contribution < -0.4 is 5.32 Å². The number of anilines is 1. The molecule has 1 heterocycles. The molecule has 1 N–H and O–H groups in total. The van der Waals surface area contributed by atoms with Crippen LogP contribution in [0.25, 0.3) is 0 Å². The molecule has 0 bridgehead atoms. The average molecular weight is 251 g/mol. The van der Waals surface area contributed by atoms with Gasteiger partial charge < -0.3 is 9.88 Å². The summed E-state index contributed by atoms with van der Waals surface area (Å²) in [5.41, 5.74) is 1.10. The molecule has 0 saturated carbocycles. The molecule has 3 nitrogen and oxygen atoms in total. The zero-order valence-electron chi connectivity index (χ0n) is 12.7. The van der Waals surface area contributed by atoms with Gasteiger partial charge in [0.05, 0.1) is 5.69 Å². The van der Waals surface area contributed by atoms with E-state index in [0.717, 1.165) is 24.1 Å². The van der Waals surface area contributed by atoms with Crippen molar-refractivity contribution in [3.63, 3.8) is 0 Å². The van der Waals surface area contributed by atoms with Crippen molar-refractivity contribution < 1.29 is 0 Å². The zero-order valence-corrected chi connectivity index (χ0v) is 12.7. The lowest BCUT2D eigenvalue weighted by atomic mass is 10.0. The predicted octanol–water partition coefficient (Wildman–Crippen LogP) is 4.40. The molecule has 3 heteroatoms. The molecular formula is C15H29N3. The smallest absolute Gasteiger partial charge is 0.203 e. The average Bonchev–Trinajstić information content (AvgIpc) is 2.71. The predicted molar refractivity (Wildman–Crippen MR) is 79.1 cm³/mol. The van der Waals surface area contributed by atoms with Crippen molar-refractivity contribution in [2.75, 3.05) is 11.9 Å². The summed E-state index contributed by atoms with van der Waals surface area (Å²) in [6, 6.07) is 0.519. The van der Waals surface area contributed by atoms with Gasteiger partial charge in [-0.15, -0.1) is 0 Å². The molecule has 0 aromatic carbocycles. The van der Waals surface area contributed by atoms with Crippen LogP contribution >= 0.6 is 0 Å². The Labute approximate surface area is 112 Å². The topological polar surface area (TPSA) is 29.9 Å². The lowest BCUT2D eigenvalue weighted by molar-refractivity contribution is 0.400. The maximum atomic E-state index is 4.59. The van der Waals surface area contributed by atoms with Gasteiger partial charge in [0.2, 0.25) is 5.95 Å². The highest BCUT2D eigenvalue weighted by Gasteiger charge is 2.13. The number of nitrogens with one attached hydrogen (secondary N) is 1. The summed E-state index contributed by atoms with van der Waals surface area (Å²) in [4.78, 5) is 4.59. The van der Waals surface area contributed by atoms with Crippen LogP contribution in [0.5, 0.6) is 0 Å². The van der Waals surface area contributed by atoms with Gasteiger partial charge in [-0.05, 0) is 32.6 Å². The molecule has 0 spiro atoms. The van der Waals surface area contributed by atoms with Crippen LogP contribution in [0.2, 0.25) is 0 Å². The molecule has 0 fully saturated rings. The Kier molecular flexibility index (Phi) is 6.23. The van der Waals surface area contributed by atoms with Gasteiger partial charge in [0.15, 0.2) is 0 Å². The summed E-state index contributed by atoms with van der Waals surface area (Å²) in [5, 5.41) is 3.46. The first-order valence-corrected chi connectivity index (χ1v) is 7.37. The number of hydrogen-bond acceptors (Lipinski definition) is 2. The van der Waals surface area contributed by atoms with Crippen molar-refractivity contribution >= 4 is 5.95 Å². The lowest BCUT2D eigenvalue weighted by Gasteiger charge is -2.20. The molecule has 0 amide bonds. The third kappa shape index (κ3) is 4.35. The molecule has 0 saturated heterocycles. The van der Waals surface area contributed by atoms with E-state index in [9.17, 15) is 0 Å². The second kappa shape index (κ2) is 7.45. The number of nitrogens with zero attached hydrogens (tertiary/aromatic N) is 2. The first-order valence-electron chi connectivity index (χ1n) is 7.37. The molecule has 0 radical (unpaired) electrons. The fraction of sp³-hybridized carbons (Fsp3) is 0.800. The Bertz CT molecular complexity index is 344. The third-order valence-electron chi connectivity index (χ3n) is 3.58. The van der Waals surface area contributed by atoms with Crippen molar-refractivity contribution in [3.05, 3.63) is 11.9 Å². The van der Waals surface area contributed by atoms with E-state index in [0.29, 0.717) is 6.04 Å². The lowest BCUT2D eigenvalue weighted by Crippen LogP contribution is -2.13. The molecule has 0 aliphatic heterocycles. The van der Waals surface area contributed by atoms with E-state index < -0.39 is 0 Å². The van der Waals surface area contributed by atoms with E-state index in [1.165, 1.54) is 25.7 Å². The minimum absolute atomic E-state index is 0.519. The van der Waals surface area contributed by atoms with Gasteiger partial charge in [0.25, 0.3) is 0 Å². The third-order valence-corrected chi connectivity index (χ3v) is 3.58. The number of aromatic nitrogens is 2. The molecule has 1 rings (SSSR count). The summed E-state index contributed by atoms with van der Waals surface area (Å²) in [7, 11) is 0. The minimum atomic E-state index is 0.519. The molecule has 1 aromatic heterocycles. The van der Waals surface area contributed by atoms with Crippen LogP contribution in [0.1, 0.15) is 65.1 Å². The molecule has 1 aromatic rings. The Balaban J connectivity index is 2.67. The van der Waals surface area contributed by atoms with E-state index in [1.807, 2.05) is 0 Å². The summed E-state index contributed by atoms with van der Waals surface area (Å²) in [6.07, 6.45) is 7.05. The highest BCUT2D eigenvalue weighted by molar-refractivity contribution is 5.29. The number of hydrogen-bond donors (Lipinski definition) is 1. The second-order valence-electron chi connectivity index (χ2n) is 5.49.